The Bertz CT molecular complexity index is 920. The monoisotopic (exact) mass is 335 g/mol. The minimum Gasteiger partial charge on any atom is -0.356 e. The normalized spacial score (nSPS) is 22.8. The summed E-state index contributed by atoms with van der Waals surface area (Å²) in [5.41, 5.74) is 3.12. The van der Waals surface area contributed by atoms with Crippen molar-refractivity contribution in [3.05, 3.63) is 42.1 Å². The molecule has 128 valence electrons. The second-order valence-corrected chi connectivity index (χ2v) is 7.22. The second-order valence-electron chi connectivity index (χ2n) is 7.22. The van der Waals surface area contributed by atoms with E-state index in [1.165, 1.54) is 0 Å². The second kappa shape index (κ2) is 5.40. The summed E-state index contributed by atoms with van der Waals surface area (Å²) in [5.74, 6) is 3.57. The summed E-state index contributed by atoms with van der Waals surface area (Å²) in [6.45, 7) is 8.38. The van der Waals surface area contributed by atoms with Crippen LogP contribution >= 0.6 is 0 Å². The molecule has 5 heterocycles. The van der Waals surface area contributed by atoms with Gasteiger partial charge in [-0.1, -0.05) is 0 Å². The van der Waals surface area contributed by atoms with E-state index in [0.717, 1.165) is 54.7 Å². The molecular formula is C18H21N7. The summed E-state index contributed by atoms with van der Waals surface area (Å²) in [7, 11) is 0. The molecule has 2 aliphatic rings. The maximum atomic E-state index is 4.55. The Morgan fingerprint density at radius 1 is 1.04 bits per heavy atom. The molecule has 7 nitrogen and oxygen atoms in total. The molecule has 0 bridgehead atoms. The minimum absolute atomic E-state index is 0.661. The lowest BCUT2D eigenvalue weighted by atomic mass is 10.0. The van der Waals surface area contributed by atoms with Crippen LogP contribution in [-0.2, 0) is 0 Å². The van der Waals surface area contributed by atoms with Crippen molar-refractivity contribution >= 4 is 17.3 Å². The van der Waals surface area contributed by atoms with Crippen LogP contribution in [0.15, 0.2) is 30.9 Å². The van der Waals surface area contributed by atoms with E-state index in [4.69, 9.17) is 0 Å². The van der Waals surface area contributed by atoms with Gasteiger partial charge in [0.05, 0.1) is 6.20 Å². The van der Waals surface area contributed by atoms with Gasteiger partial charge in [0.25, 0.3) is 0 Å². The maximum Gasteiger partial charge on any atom is 0.157 e. The van der Waals surface area contributed by atoms with Gasteiger partial charge in [0.2, 0.25) is 0 Å². The molecule has 2 aliphatic heterocycles. The van der Waals surface area contributed by atoms with Gasteiger partial charge in [-0.25, -0.2) is 15.0 Å². The minimum atomic E-state index is 0.661. The first-order valence-corrected chi connectivity index (χ1v) is 8.77. The van der Waals surface area contributed by atoms with Crippen LogP contribution in [0.4, 0.5) is 11.6 Å². The molecule has 0 aliphatic carbocycles. The Labute approximate surface area is 146 Å². The quantitative estimate of drug-likeness (QED) is 0.710. The van der Waals surface area contributed by atoms with Gasteiger partial charge in [-0.15, -0.1) is 0 Å². The van der Waals surface area contributed by atoms with Crippen molar-refractivity contribution in [1.82, 2.24) is 24.6 Å². The molecular weight excluding hydrogens is 314 g/mol. The number of nitrogens with zero attached hydrogens (tertiary/aromatic N) is 7. The molecule has 3 aromatic rings. The van der Waals surface area contributed by atoms with E-state index in [1.54, 1.807) is 6.33 Å². The highest BCUT2D eigenvalue weighted by Crippen LogP contribution is 2.36. The third-order valence-electron chi connectivity index (χ3n) is 5.45. The van der Waals surface area contributed by atoms with E-state index >= 15 is 0 Å². The molecule has 2 atom stereocenters. The lowest BCUT2D eigenvalue weighted by Gasteiger charge is -2.24. The number of aromatic nitrogens is 5. The Morgan fingerprint density at radius 2 is 1.80 bits per heavy atom. The van der Waals surface area contributed by atoms with Crippen LogP contribution in [0.1, 0.15) is 11.3 Å². The molecule has 0 aromatic carbocycles. The molecule has 3 aromatic heterocycles. The van der Waals surface area contributed by atoms with E-state index in [9.17, 15) is 0 Å². The Morgan fingerprint density at radius 3 is 2.56 bits per heavy atom. The highest BCUT2D eigenvalue weighted by atomic mass is 15.4. The highest BCUT2D eigenvalue weighted by Gasteiger charge is 2.41. The van der Waals surface area contributed by atoms with E-state index in [1.807, 2.05) is 29.9 Å². The first kappa shape index (κ1) is 14.6. The average Bonchev–Trinajstić information content (AvgIpc) is 3.27. The van der Waals surface area contributed by atoms with Gasteiger partial charge in [0.15, 0.2) is 5.65 Å². The van der Waals surface area contributed by atoms with Crippen LogP contribution in [0.5, 0.6) is 0 Å². The van der Waals surface area contributed by atoms with Crippen LogP contribution in [-0.4, -0.2) is 50.7 Å². The molecule has 0 spiro atoms. The molecule has 0 saturated carbocycles. The van der Waals surface area contributed by atoms with Crippen LogP contribution in [0.2, 0.25) is 0 Å². The van der Waals surface area contributed by atoms with Gasteiger partial charge in [-0.05, 0) is 13.8 Å². The van der Waals surface area contributed by atoms with Crippen LogP contribution in [0, 0.1) is 25.7 Å². The van der Waals surface area contributed by atoms with Crippen LogP contribution < -0.4 is 9.80 Å². The standard InChI is InChI=1S/C18H21N7/c1-12-6-19-11-20-18(12)24-9-14-7-23(8-15(14)10-24)17-5-13(2)22-16-3-4-21-25(16)17/h3-6,11,14-15H,7-10H2,1-2H3. The molecule has 0 amide bonds. The number of hydrogen-bond acceptors (Lipinski definition) is 6. The number of aryl methyl sites for hydroxylation is 2. The van der Waals surface area contributed by atoms with Gasteiger partial charge < -0.3 is 9.80 Å². The van der Waals surface area contributed by atoms with Crippen LogP contribution in [0.3, 0.4) is 0 Å². The van der Waals surface area contributed by atoms with Crippen molar-refractivity contribution < 1.29 is 0 Å². The van der Waals surface area contributed by atoms with Crippen molar-refractivity contribution in [2.24, 2.45) is 11.8 Å². The Balaban J connectivity index is 1.39. The molecule has 2 unspecified atom stereocenters. The molecule has 7 heteroatoms. The van der Waals surface area contributed by atoms with Gasteiger partial charge in [-0.2, -0.15) is 9.61 Å². The van der Waals surface area contributed by atoms with Crippen molar-refractivity contribution in [2.75, 3.05) is 36.0 Å². The molecule has 0 radical (unpaired) electrons. The van der Waals surface area contributed by atoms with Gasteiger partial charge in [0, 0.05) is 67.6 Å². The summed E-state index contributed by atoms with van der Waals surface area (Å²) in [6.07, 6.45) is 5.37. The van der Waals surface area contributed by atoms with Crippen molar-refractivity contribution in [1.29, 1.82) is 0 Å². The summed E-state index contributed by atoms with van der Waals surface area (Å²) >= 11 is 0. The van der Waals surface area contributed by atoms with Crippen molar-refractivity contribution in [3.63, 3.8) is 0 Å². The zero-order chi connectivity index (χ0) is 17.0. The third kappa shape index (κ3) is 2.33. The smallest absolute Gasteiger partial charge is 0.157 e. The fraction of sp³-hybridized carbons (Fsp3) is 0.444. The summed E-state index contributed by atoms with van der Waals surface area (Å²) in [6, 6.07) is 4.11. The fourth-order valence-electron chi connectivity index (χ4n) is 4.32. The maximum absolute atomic E-state index is 4.55. The van der Waals surface area contributed by atoms with E-state index in [2.05, 4.69) is 42.8 Å². The number of rotatable bonds is 2. The third-order valence-corrected chi connectivity index (χ3v) is 5.45. The number of anilines is 2. The Hall–Kier alpha value is -2.70. The van der Waals surface area contributed by atoms with Crippen LogP contribution in [0.25, 0.3) is 5.65 Å². The molecule has 0 N–H and O–H groups in total. The molecule has 2 saturated heterocycles. The Kier molecular flexibility index (Phi) is 3.16. The van der Waals surface area contributed by atoms with Crippen molar-refractivity contribution in [3.8, 4) is 0 Å². The predicted molar refractivity (Wildman–Crippen MR) is 95.9 cm³/mol. The van der Waals surface area contributed by atoms with Gasteiger partial charge in [-0.3, -0.25) is 0 Å². The molecule has 25 heavy (non-hydrogen) atoms. The summed E-state index contributed by atoms with van der Waals surface area (Å²) in [5, 5.41) is 4.46. The van der Waals surface area contributed by atoms with Gasteiger partial charge in [0.1, 0.15) is 18.0 Å². The number of hydrogen-bond donors (Lipinski definition) is 0. The van der Waals surface area contributed by atoms with E-state index in [-0.39, 0.29) is 0 Å². The highest BCUT2D eigenvalue weighted by molar-refractivity contribution is 5.53. The van der Waals surface area contributed by atoms with E-state index in [0.29, 0.717) is 11.8 Å². The zero-order valence-corrected chi connectivity index (χ0v) is 14.5. The topological polar surface area (TPSA) is 62.5 Å². The first-order chi connectivity index (χ1) is 12.2. The summed E-state index contributed by atoms with van der Waals surface area (Å²) in [4.78, 5) is 18.0. The number of fused-ring (bicyclic) bond motifs is 2. The lowest BCUT2D eigenvalue weighted by molar-refractivity contribution is 0.533. The first-order valence-electron chi connectivity index (χ1n) is 8.77. The lowest BCUT2D eigenvalue weighted by Crippen LogP contribution is -2.30. The SMILES string of the molecule is Cc1cc(N2CC3CN(c4ncncc4C)CC3C2)n2nccc2n1. The van der Waals surface area contributed by atoms with Gasteiger partial charge >= 0.3 is 0 Å². The average molecular weight is 335 g/mol. The summed E-state index contributed by atoms with van der Waals surface area (Å²) < 4.78 is 1.96. The predicted octanol–water partition coefficient (Wildman–Crippen LogP) is 1.71. The largest absolute Gasteiger partial charge is 0.356 e. The molecule has 2 fully saturated rings. The molecule has 5 rings (SSSR count). The zero-order valence-electron chi connectivity index (χ0n) is 14.5. The van der Waals surface area contributed by atoms with E-state index < -0.39 is 0 Å². The fourth-order valence-corrected chi connectivity index (χ4v) is 4.32. The van der Waals surface area contributed by atoms with Crippen molar-refractivity contribution in [2.45, 2.75) is 13.8 Å².